The van der Waals surface area contributed by atoms with E-state index in [9.17, 15) is 14.7 Å². The van der Waals surface area contributed by atoms with Crippen LogP contribution in [0.5, 0.6) is 0 Å². The second-order valence-electron chi connectivity index (χ2n) is 4.97. The lowest BCUT2D eigenvalue weighted by Gasteiger charge is -2.16. The Kier molecular flexibility index (Phi) is 4.38. The molecule has 0 radical (unpaired) electrons. The number of carbonyl (C=O) groups excluding carboxylic acids is 1. The minimum absolute atomic E-state index is 0.382. The van der Waals surface area contributed by atoms with Crippen molar-refractivity contribution in [1.82, 2.24) is 5.32 Å². The molecule has 0 saturated carbocycles. The zero-order valence-corrected chi connectivity index (χ0v) is 12.0. The quantitative estimate of drug-likeness (QED) is 0.906. The molecule has 1 atom stereocenters. The molecule has 108 valence electrons. The fourth-order valence-electron chi connectivity index (χ4n) is 2.12. The van der Waals surface area contributed by atoms with Crippen molar-refractivity contribution in [1.29, 1.82) is 0 Å². The Hall–Kier alpha value is -2.62. The minimum atomic E-state index is -1.08. The lowest BCUT2D eigenvalue weighted by atomic mass is 10.0. The maximum atomic E-state index is 12.3. The lowest BCUT2D eigenvalue weighted by molar-refractivity contribution is -0.139. The first kappa shape index (κ1) is 14.8. The van der Waals surface area contributed by atoms with E-state index in [1.165, 1.54) is 0 Å². The number of carboxylic acid groups (broad SMARTS) is 1. The van der Waals surface area contributed by atoms with Gasteiger partial charge >= 0.3 is 5.97 Å². The standard InChI is InChI=1S/C17H17NO3/c1-11-8-9-12(2)14(10-11)16(19)18-15(17(20)21)13-6-4-3-5-7-13/h3-10,15H,1-2H3,(H,18,19)(H,20,21)/t15-/m0/s1. The van der Waals surface area contributed by atoms with Gasteiger partial charge in [-0.15, -0.1) is 0 Å². The molecule has 0 aromatic heterocycles. The third-order valence-electron chi connectivity index (χ3n) is 3.29. The van der Waals surface area contributed by atoms with Crippen molar-refractivity contribution in [3.63, 3.8) is 0 Å². The molecule has 0 unspecified atom stereocenters. The van der Waals surface area contributed by atoms with Crippen LogP contribution in [0.4, 0.5) is 0 Å². The molecule has 0 saturated heterocycles. The number of hydrogen-bond acceptors (Lipinski definition) is 2. The average molecular weight is 283 g/mol. The highest BCUT2D eigenvalue weighted by atomic mass is 16.4. The molecular weight excluding hydrogens is 266 g/mol. The fraction of sp³-hybridized carbons (Fsp3) is 0.176. The van der Waals surface area contributed by atoms with Crippen molar-refractivity contribution >= 4 is 11.9 Å². The van der Waals surface area contributed by atoms with Crippen molar-refractivity contribution in [2.45, 2.75) is 19.9 Å². The van der Waals surface area contributed by atoms with Crippen LogP contribution in [0, 0.1) is 13.8 Å². The van der Waals surface area contributed by atoms with E-state index in [2.05, 4.69) is 5.32 Å². The second kappa shape index (κ2) is 6.22. The summed E-state index contributed by atoms with van der Waals surface area (Å²) in [7, 11) is 0. The van der Waals surface area contributed by atoms with Crippen LogP contribution in [0.15, 0.2) is 48.5 Å². The molecule has 2 aromatic carbocycles. The van der Waals surface area contributed by atoms with Crippen LogP contribution in [0.1, 0.15) is 33.1 Å². The van der Waals surface area contributed by atoms with Crippen molar-refractivity contribution in [3.8, 4) is 0 Å². The van der Waals surface area contributed by atoms with Crippen LogP contribution in [-0.2, 0) is 4.79 Å². The Morgan fingerprint density at radius 3 is 2.33 bits per heavy atom. The van der Waals surface area contributed by atoms with Gasteiger partial charge in [-0.1, -0.05) is 48.0 Å². The van der Waals surface area contributed by atoms with E-state index >= 15 is 0 Å². The Balaban J connectivity index is 2.27. The number of aryl methyl sites for hydroxylation is 2. The maximum Gasteiger partial charge on any atom is 0.330 e. The molecule has 0 aliphatic rings. The molecule has 21 heavy (non-hydrogen) atoms. The summed E-state index contributed by atoms with van der Waals surface area (Å²) in [4.78, 5) is 23.7. The molecule has 4 heteroatoms. The summed E-state index contributed by atoms with van der Waals surface area (Å²) in [6.07, 6.45) is 0. The molecule has 4 nitrogen and oxygen atoms in total. The minimum Gasteiger partial charge on any atom is -0.479 e. The molecule has 1 amide bonds. The number of carbonyl (C=O) groups is 2. The summed E-state index contributed by atoms with van der Waals surface area (Å²) in [5, 5.41) is 11.9. The van der Waals surface area contributed by atoms with Gasteiger partial charge in [0.15, 0.2) is 6.04 Å². The number of nitrogens with one attached hydrogen (secondary N) is 1. The number of benzene rings is 2. The first-order chi connectivity index (χ1) is 9.99. The predicted octanol–water partition coefficient (Wildman–Crippen LogP) is 2.86. The SMILES string of the molecule is Cc1ccc(C)c(C(=O)N[C@H](C(=O)O)c2ccccc2)c1. The number of rotatable bonds is 4. The normalized spacial score (nSPS) is 11.7. The van der Waals surface area contributed by atoms with E-state index in [4.69, 9.17) is 0 Å². The van der Waals surface area contributed by atoms with Crippen LogP contribution in [0.25, 0.3) is 0 Å². The molecule has 0 fully saturated rings. The highest BCUT2D eigenvalue weighted by Gasteiger charge is 2.23. The predicted molar refractivity (Wildman–Crippen MR) is 80.2 cm³/mol. The monoisotopic (exact) mass is 283 g/mol. The van der Waals surface area contributed by atoms with Gasteiger partial charge in [-0.05, 0) is 31.0 Å². The molecule has 2 rings (SSSR count). The van der Waals surface area contributed by atoms with Crippen molar-refractivity contribution in [2.24, 2.45) is 0 Å². The van der Waals surface area contributed by atoms with Gasteiger partial charge in [0.1, 0.15) is 0 Å². The largest absolute Gasteiger partial charge is 0.479 e. The van der Waals surface area contributed by atoms with Crippen molar-refractivity contribution < 1.29 is 14.7 Å². The van der Waals surface area contributed by atoms with Gasteiger partial charge in [-0.3, -0.25) is 4.79 Å². The topological polar surface area (TPSA) is 66.4 Å². The number of hydrogen-bond donors (Lipinski definition) is 2. The molecule has 0 aliphatic carbocycles. The van der Waals surface area contributed by atoms with E-state index < -0.39 is 12.0 Å². The van der Waals surface area contributed by atoms with E-state index in [1.54, 1.807) is 36.4 Å². The first-order valence-electron chi connectivity index (χ1n) is 6.65. The van der Waals surface area contributed by atoms with E-state index in [0.29, 0.717) is 11.1 Å². The summed E-state index contributed by atoms with van der Waals surface area (Å²) < 4.78 is 0. The smallest absolute Gasteiger partial charge is 0.330 e. The van der Waals surface area contributed by atoms with Crippen LogP contribution >= 0.6 is 0 Å². The van der Waals surface area contributed by atoms with E-state index in [0.717, 1.165) is 11.1 Å². The molecule has 0 spiro atoms. The summed E-state index contributed by atoms with van der Waals surface area (Å²) in [6.45, 7) is 3.72. The van der Waals surface area contributed by atoms with Crippen LogP contribution in [0.3, 0.4) is 0 Å². The molecule has 0 bridgehead atoms. The Labute approximate surface area is 123 Å². The Morgan fingerprint density at radius 1 is 1.05 bits per heavy atom. The molecule has 2 N–H and O–H groups in total. The highest BCUT2D eigenvalue weighted by Crippen LogP contribution is 2.16. The number of aliphatic carboxylic acids is 1. The van der Waals surface area contributed by atoms with Crippen molar-refractivity contribution in [2.75, 3.05) is 0 Å². The van der Waals surface area contributed by atoms with Crippen LogP contribution in [0.2, 0.25) is 0 Å². The average Bonchev–Trinajstić information content (AvgIpc) is 2.47. The summed E-state index contributed by atoms with van der Waals surface area (Å²) in [6, 6.07) is 13.1. The highest BCUT2D eigenvalue weighted by molar-refractivity contribution is 5.98. The van der Waals surface area contributed by atoms with Gasteiger partial charge in [0.05, 0.1) is 0 Å². The van der Waals surface area contributed by atoms with Gasteiger partial charge in [0.25, 0.3) is 5.91 Å². The third kappa shape index (κ3) is 3.48. The Morgan fingerprint density at radius 2 is 1.71 bits per heavy atom. The maximum absolute atomic E-state index is 12.3. The Bertz CT molecular complexity index is 665. The van der Waals surface area contributed by atoms with Gasteiger partial charge in [0, 0.05) is 5.56 Å². The van der Waals surface area contributed by atoms with Crippen LogP contribution < -0.4 is 5.32 Å². The number of carboxylic acids is 1. The zero-order chi connectivity index (χ0) is 15.4. The van der Waals surface area contributed by atoms with Gasteiger partial charge < -0.3 is 10.4 Å². The molecule has 0 aliphatic heterocycles. The lowest BCUT2D eigenvalue weighted by Crippen LogP contribution is -2.34. The zero-order valence-electron chi connectivity index (χ0n) is 12.0. The molecule has 0 heterocycles. The third-order valence-corrected chi connectivity index (χ3v) is 3.29. The van der Waals surface area contributed by atoms with E-state index in [1.807, 2.05) is 26.0 Å². The summed E-state index contributed by atoms with van der Waals surface area (Å²) in [5.41, 5.74) is 2.81. The number of amides is 1. The van der Waals surface area contributed by atoms with Gasteiger partial charge in [0.2, 0.25) is 0 Å². The van der Waals surface area contributed by atoms with Crippen LogP contribution in [-0.4, -0.2) is 17.0 Å². The van der Waals surface area contributed by atoms with E-state index in [-0.39, 0.29) is 5.91 Å². The molecular formula is C17H17NO3. The van der Waals surface area contributed by atoms with Crippen molar-refractivity contribution in [3.05, 3.63) is 70.8 Å². The summed E-state index contributed by atoms with van der Waals surface area (Å²) >= 11 is 0. The fourth-order valence-corrected chi connectivity index (χ4v) is 2.12. The second-order valence-corrected chi connectivity index (χ2v) is 4.97. The van der Waals surface area contributed by atoms with Gasteiger partial charge in [-0.2, -0.15) is 0 Å². The van der Waals surface area contributed by atoms with Gasteiger partial charge in [-0.25, -0.2) is 4.79 Å². The first-order valence-corrected chi connectivity index (χ1v) is 6.65. The molecule has 2 aromatic rings. The summed E-state index contributed by atoms with van der Waals surface area (Å²) in [5.74, 6) is -1.47.